The Labute approximate surface area is 119 Å². The lowest BCUT2D eigenvalue weighted by atomic mass is 9.91. The third-order valence-corrected chi connectivity index (χ3v) is 4.18. The number of oxazole rings is 1. The van der Waals surface area contributed by atoms with E-state index in [2.05, 4.69) is 4.98 Å². The van der Waals surface area contributed by atoms with Crippen LogP contribution in [0, 0.1) is 12.8 Å². The molecule has 5 heteroatoms. The predicted octanol–water partition coefficient (Wildman–Crippen LogP) is 2.48. The monoisotopic (exact) mass is 281 g/mol. The quantitative estimate of drug-likeness (QED) is 0.830. The summed E-state index contributed by atoms with van der Waals surface area (Å²) >= 11 is 0. The zero-order chi connectivity index (χ0) is 13.8. The molecule has 0 radical (unpaired) electrons. The van der Waals surface area contributed by atoms with Gasteiger partial charge in [0.2, 0.25) is 0 Å². The molecule has 2 fully saturated rings. The van der Waals surface area contributed by atoms with Gasteiger partial charge in [-0.1, -0.05) is 0 Å². The fraction of sp³-hybridized carbons (Fsp3) is 0.800. The molecule has 0 bridgehead atoms. The van der Waals surface area contributed by atoms with E-state index in [1.807, 2.05) is 6.92 Å². The number of rotatable bonds is 5. The predicted molar refractivity (Wildman–Crippen MR) is 72.4 cm³/mol. The smallest absolute Gasteiger partial charge is 0.199 e. The highest BCUT2D eigenvalue weighted by atomic mass is 16.7. The van der Waals surface area contributed by atoms with Gasteiger partial charge in [-0.05, 0) is 32.1 Å². The number of hydrogen-bond donors (Lipinski definition) is 0. The van der Waals surface area contributed by atoms with Crippen LogP contribution in [0.25, 0.3) is 0 Å². The maximum atomic E-state index is 5.89. The van der Waals surface area contributed by atoms with Crippen molar-refractivity contribution in [3.8, 4) is 0 Å². The molecule has 2 saturated heterocycles. The second-order valence-electron chi connectivity index (χ2n) is 5.74. The minimum Gasteiger partial charge on any atom is -0.446 e. The molecule has 0 unspecified atom stereocenters. The van der Waals surface area contributed by atoms with E-state index < -0.39 is 5.79 Å². The van der Waals surface area contributed by atoms with Gasteiger partial charge in [-0.25, -0.2) is 4.98 Å². The van der Waals surface area contributed by atoms with Crippen molar-refractivity contribution in [2.75, 3.05) is 26.4 Å². The van der Waals surface area contributed by atoms with Crippen molar-refractivity contribution in [1.82, 2.24) is 4.98 Å². The summed E-state index contributed by atoms with van der Waals surface area (Å²) in [7, 11) is 0. The number of nitrogens with zero attached hydrogens (tertiary/aromatic N) is 1. The van der Waals surface area contributed by atoms with E-state index in [0.29, 0.717) is 25.5 Å². The minimum atomic E-state index is -0.532. The Morgan fingerprint density at radius 1 is 1.20 bits per heavy atom. The fourth-order valence-electron chi connectivity index (χ4n) is 3.00. The molecular weight excluding hydrogens is 258 g/mol. The molecule has 1 aromatic rings. The van der Waals surface area contributed by atoms with Gasteiger partial charge >= 0.3 is 0 Å². The first-order valence-corrected chi connectivity index (χ1v) is 7.53. The van der Waals surface area contributed by atoms with E-state index >= 15 is 0 Å². The highest BCUT2D eigenvalue weighted by Crippen LogP contribution is 2.32. The van der Waals surface area contributed by atoms with E-state index in [4.69, 9.17) is 18.6 Å². The van der Waals surface area contributed by atoms with Crippen LogP contribution < -0.4 is 0 Å². The first-order valence-electron chi connectivity index (χ1n) is 7.53. The summed E-state index contributed by atoms with van der Waals surface area (Å²) in [5.41, 5.74) is 0. The molecular formula is C15H23NO4. The normalized spacial score (nSPS) is 23.2. The van der Waals surface area contributed by atoms with Crippen LogP contribution in [0.1, 0.15) is 37.3 Å². The zero-order valence-corrected chi connectivity index (χ0v) is 12.1. The molecule has 0 N–H and O–H groups in total. The standard InChI is InChI=1S/C15H23NO4/c1-12-11-16-14(20-12)10-15(18-8-9-19-15)5-2-13-3-6-17-7-4-13/h11,13H,2-10H2,1H3. The average Bonchev–Trinajstić information content (AvgIpc) is 3.08. The number of aromatic nitrogens is 1. The summed E-state index contributed by atoms with van der Waals surface area (Å²) in [4.78, 5) is 4.27. The van der Waals surface area contributed by atoms with Crippen molar-refractivity contribution in [2.45, 2.75) is 44.8 Å². The van der Waals surface area contributed by atoms with E-state index in [1.165, 1.54) is 0 Å². The van der Waals surface area contributed by atoms with Crippen LogP contribution >= 0.6 is 0 Å². The third kappa shape index (κ3) is 3.40. The number of ether oxygens (including phenoxy) is 3. The Balaban J connectivity index is 1.58. The van der Waals surface area contributed by atoms with Crippen molar-refractivity contribution in [2.24, 2.45) is 5.92 Å². The van der Waals surface area contributed by atoms with Crippen LogP contribution in [0.3, 0.4) is 0 Å². The van der Waals surface area contributed by atoms with Crippen molar-refractivity contribution in [1.29, 1.82) is 0 Å². The largest absolute Gasteiger partial charge is 0.446 e. The molecule has 0 spiro atoms. The second kappa shape index (κ2) is 6.24. The van der Waals surface area contributed by atoms with Crippen LogP contribution in [-0.4, -0.2) is 37.2 Å². The molecule has 1 aromatic heterocycles. The van der Waals surface area contributed by atoms with Crippen molar-refractivity contribution in [3.05, 3.63) is 17.8 Å². The Hall–Kier alpha value is -0.910. The van der Waals surface area contributed by atoms with E-state index in [1.54, 1.807) is 6.20 Å². The average molecular weight is 281 g/mol. The summed E-state index contributed by atoms with van der Waals surface area (Å²) < 4.78 is 22.8. The lowest BCUT2D eigenvalue weighted by molar-refractivity contribution is -0.167. The van der Waals surface area contributed by atoms with E-state index in [9.17, 15) is 0 Å². The second-order valence-corrected chi connectivity index (χ2v) is 5.74. The van der Waals surface area contributed by atoms with Crippen LogP contribution in [0.5, 0.6) is 0 Å². The summed E-state index contributed by atoms with van der Waals surface area (Å²) in [5.74, 6) is 1.73. The Bertz CT molecular complexity index is 419. The Morgan fingerprint density at radius 2 is 1.95 bits per heavy atom. The third-order valence-electron chi connectivity index (χ3n) is 4.18. The molecule has 0 atom stereocenters. The highest BCUT2D eigenvalue weighted by molar-refractivity contribution is 4.95. The topological polar surface area (TPSA) is 53.7 Å². The molecule has 3 rings (SSSR count). The Kier molecular flexibility index (Phi) is 4.38. The van der Waals surface area contributed by atoms with Crippen molar-refractivity contribution in [3.63, 3.8) is 0 Å². The van der Waals surface area contributed by atoms with Crippen LogP contribution in [0.4, 0.5) is 0 Å². The zero-order valence-electron chi connectivity index (χ0n) is 12.1. The first-order chi connectivity index (χ1) is 9.76. The molecule has 112 valence electrons. The highest BCUT2D eigenvalue weighted by Gasteiger charge is 2.38. The van der Waals surface area contributed by atoms with Gasteiger partial charge in [-0.3, -0.25) is 0 Å². The van der Waals surface area contributed by atoms with E-state index in [-0.39, 0.29) is 0 Å². The van der Waals surface area contributed by atoms with Crippen LogP contribution in [0.15, 0.2) is 10.6 Å². The molecule has 0 aromatic carbocycles. The summed E-state index contributed by atoms with van der Waals surface area (Å²) in [6.07, 6.45) is 6.66. The lowest BCUT2D eigenvalue weighted by Gasteiger charge is -2.29. The molecule has 0 amide bonds. The molecule has 2 aliphatic rings. The summed E-state index contributed by atoms with van der Waals surface area (Å²) in [6.45, 7) is 5.00. The van der Waals surface area contributed by atoms with Gasteiger partial charge in [-0.15, -0.1) is 0 Å². The van der Waals surface area contributed by atoms with Gasteiger partial charge in [0.25, 0.3) is 0 Å². The van der Waals surface area contributed by atoms with Gasteiger partial charge in [0.15, 0.2) is 11.7 Å². The molecule has 3 heterocycles. The molecule has 5 nitrogen and oxygen atoms in total. The maximum Gasteiger partial charge on any atom is 0.199 e. The maximum absolute atomic E-state index is 5.89. The number of hydrogen-bond acceptors (Lipinski definition) is 5. The van der Waals surface area contributed by atoms with Gasteiger partial charge in [-0.2, -0.15) is 0 Å². The van der Waals surface area contributed by atoms with Crippen LogP contribution in [0.2, 0.25) is 0 Å². The fourth-order valence-corrected chi connectivity index (χ4v) is 3.00. The SMILES string of the molecule is Cc1cnc(CC2(CCC3CCOCC3)OCCO2)o1. The van der Waals surface area contributed by atoms with Gasteiger partial charge in [0.1, 0.15) is 5.76 Å². The van der Waals surface area contributed by atoms with Gasteiger partial charge in [0.05, 0.1) is 25.8 Å². The first kappa shape index (κ1) is 14.0. The Morgan fingerprint density at radius 3 is 2.60 bits per heavy atom. The summed E-state index contributed by atoms with van der Waals surface area (Å²) in [5, 5.41) is 0. The molecule has 0 saturated carbocycles. The lowest BCUT2D eigenvalue weighted by Crippen LogP contribution is -2.34. The summed E-state index contributed by atoms with van der Waals surface area (Å²) in [6, 6.07) is 0. The van der Waals surface area contributed by atoms with Crippen LogP contribution in [-0.2, 0) is 20.6 Å². The van der Waals surface area contributed by atoms with Crippen molar-refractivity contribution >= 4 is 0 Å². The van der Waals surface area contributed by atoms with Gasteiger partial charge < -0.3 is 18.6 Å². The van der Waals surface area contributed by atoms with E-state index in [0.717, 1.165) is 50.6 Å². The number of aryl methyl sites for hydroxylation is 1. The minimum absolute atomic E-state index is 0.532. The molecule has 2 aliphatic heterocycles. The van der Waals surface area contributed by atoms with Crippen molar-refractivity contribution < 1.29 is 18.6 Å². The van der Waals surface area contributed by atoms with Gasteiger partial charge in [0, 0.05) is 19.6 Å². The molecule has 20 heavy (non-hydrogen) atoms. The molecule has 0 aliphatic carbocycles.